The monoisotopic (exact) mass is 316 g/mol. The highest BCUT2D eigenvalue weighted by Crippen LogP contribution is 2.32. The van der Waals surface area contributed by atoms with Crippen LogP contribution in [-0.2, 0) is 0 Å². The van der Waals surface area contributed by atoms with Gasteiger partial charge in [-0.2, -0.15) is 4.58 Å². The maximum absolute atomic E-state index is 2.52. The third-order valence-electron chi connectivity index (χ3n) is 5.72. The largest absolute Gasteiger partial charge is 0.339 e. The molecule has 1 aromatic rings. The van der Waals surface area contributed by atoms with Gasteiger partial charge in [0.25, 0.3) is 0 Å². The molecular formula is C21H36N2+2. The second kappa shape index (κ2) is 7.90. The van der Waals surface area contributed by atoms with Gasteiger partial charge in [-0.3, -0.25) is 0 Å². The number of rotatable bonds is 5. The highest BCUT2D eigenvalue weighted by Gasteiger charge is 2.26. The molecule has 0 spiro atoms. The van der Waals surface area contributed by atoms with Gasteiger partial charge in [0.15, 0.2) is 11.4 Å². The lowest BCUT2D eigenvalue weighted by Gasteiger charge is -2.17. The van der Waals surface area contributed by atoms with E-state index in [0.29, 0.717) is 0 Å². The lowest BCUT2D eigenvalue weighted by molar-refractivity contribution is -0.682. The molecule has 2 nitrogen and oxygen atoms in total. The molecular weight excluding hydrogens is 280 g/mol. The maximum atomic E-state index is 2.52. The van der Waals surface area contributed by atoms with Crippen LogP contribution in [0.15, 0.2) is 0 Å². The van der Waals surface area contributed by atoms with Crippen LogP contribution in [0.4, 0.5) is 5.69 Å². The summed E-state index contributed by atoms with van der Waals surface area (Å²) in [6, 6.07) is 0. The molecule has 23 heavy (non-hydrogen) atoms. The molecule has 0 amide bonds. The first-order chi connectivity index (χ1) is 10.7. The summed E-state index contributed by atoms with van der Waals surface area (Å²) in [4.78, 5) is 0. The first kappa shape index (κ1) is 19.6. The Kier molecular flexibility index (Phi) is 6.73. The fourth-order valence-corrected chi connectivity index (χ4v) is 3.06. The van der Waals surface area contributed by atoms with Crippen LogP contribution in [0.2, 0.25) is 0 Å². The lowest BCUT2D eigenvalue weighted by Crippen LogP contribution is -2.28. The molecule has 0 bridgehead atoms. The fourth-order valence-electron chi connectivity index (χ4n) is 3.06. The van der Waals surface area contributed by atoms with Crippen molar-refractivity contribution in [3.05, 3.63) is 27.8 Å². The molecule has 0 radical (unpaired) electrons. The van der Waals surface area contributed by atoms with Gasteiger partial charge in [-0.25, -0.2) is 0 Å². The van der Waals surface area contributed by atoms with Crippen molar-refractivity contribution >= 4 is 17.1 Å². The summed E-state index contributed by atoms with van der Waals surface area (Å²) in [5.74, 6) is 0. The molecule has 2 heteroatoms. The zero-order valence-corrected chi connectivity index (χ0v) is 17.0. The Balaban J connectivity index is 3.67. The average Bonchev–Trinajstić information content (AvgIpc) is 2.55. The average molecular weight is 317 g/mol. The van der Waals surface area contributed by atoms with Crippen LogP contribution >= 0.6 is 0 Å². The quantitative estimate of drug-likeness (QED) is 0.399. The maximum Gasteiger partial charge on any atom is 0.339 e. The Bertz CT molecular complexity index is 632. The minimum absolute atomic E-state index is 0.920. The van der Waals surface area contributed by atoms with E-state index in [-0.39, 0.29) is 0 Å². The van der Waals surface area contributed by atoms with Crippen molar-refractivity contribution in [2.24, 2.45) is 0 Å². The molecule has 1 rings (SSSR count). The summed E-state index contributed by atoms with van der Waals surface area (Å²) in [7, 11) is 2.20. The summed E-state index contributed by atoms with van der Waals surface area (Å²) < 4.78 is 4.89. The minimum Gasteiger partial charge on any atom is -0.182 e. The third kappa shape index (κ3) is 3.91. The number of hydrogen-bond acceptors (Lipinski definition) is 0. The Labute approximate surface area is 143 Å². The van der Waals surface area contributed by atoms with E-state index in [9.17, 15) is 0 Å². The van der Waals surface area contributed by atoms with Crippen molar-refractivity contribution in [3.63, 3.8) is 0 Å². The van der Waals surface area contributed by atoms with Crippen LogP contribution in [0.25, 0.3) is 0 Å². The van der Waals surface area contributed by atoms with Gasteiger partial charge >= 0.3 is 6.67 Å². The van der Waals surface area contributed by atoms with Crippen LogP contribution in [0.1, 0.15) is 68.4 Å². The van der Waals surface area contributed by atoms with E-state index < -0.39 is 0 Å². The Morgan fingerprint density at radius 1 is 0.696 bits per heavy atom. The molecule has 0 saturated carbocycles. The van der Waals surface area contributed by atoms with E-state index in [0.717, 1.165) is 19.5 Å². The van der Waals surface area contributed by atoms with Crippen molar-refractivity contribution in [3.8, 4) is 0 Å². The molecule has 0 N–H and O–H groups in total. The second-order valence-corrected chi connectivity index (χ2v) is 6.92. The molecule has 0 atom stereocenters. The van der Waals surface area contributed by atoms with Crippen molar-refractivity contribution in [2.75, 3.05) is 13.7 Å². The number of hydrogen-bond donors (Lipinski definition) is 0. The van der Waals surface area contributed by atoms with Gasteiger partial charge in [-0.15, -0.1) is 4.58 Å². The van der Waals surface area contributed by atoms with Gasteiger partial charge in [-0.1, -0.05) is 13.8 Å². The van der Waals surface area contributed by atoms with Gasteiger partial charge < -0.3 is 0 Å². The summed E-state index contributed by atoms with van der Waals surface area (Å²) in [5.41, 5.74) is 11.4. The predicted octanol–water partition coefficient (Wildman–Crippen LogP) is 5.21. The predicted molar refractivity (Wildman–Crippen MR) is 103 cm³/mol. The number of nitrogens with zero attached hydrogens (tertiary/aromatic N) is 2. The summed E-state index contributed by atoms with van der Waals surface area (Å²) in [6.07, 6.45) is 2.17. The molecule has 0 heterocycles. The first-order valence-corrected chi connectivity index (χ1v) is 8.87. The van der Waals surface area contributed by atoms with Gasteiger partial charge in [0, 0.05) is 37.8 Å². The summed E-state index contributed by atoms with van der Waals surface area (Å²) in [6.45, 7) is 21.2. The smallest absolute Gasteiger partial charge is 0.182 e. The van der Waals surface area contributed by atoms with Crippen LogP contribution < -0.4 is 0 Å². The Hall–Kier alpha value is -1.44. The zero-order valence-electron chi connectivity index (χ0n) is 17.0. The van der Waals surface area contributed by atoms with Gasteiger partial charge in [-0.05, 0) is 51.3 Å². The third-order valence-corrected chi connectivity index (χ3v) is 5.72. The van der Waals surface area contributed by atoms with Crippen molar-refractivity contribution in [1.29, 1.82) is 0 Å². The SMILES string of the molecule is CC/C(C)=[N+](/C)C/[N+](=C(/C)CC)c1c(C)c(C)c(C)c(C)c1C. The first-order valence-electron chi connectivity index (χ1n) is 8.87. The summed E-state index contributed by atoms with van der Waals surface area (Å²) in [5, 5.41) is 0. The molecule has 128 valence electrons. The molecule has 0 aromatic heterocycles. The Morgan fingerprint density at radius 3 is 1.48 bits per heavy atom. The van der Waals surface area contributed by atoms with E-state index in [1.165, 1.54) is 44.9 Å². The van der Waals surface area contributed by atoms with Crippen molar-refractivity contribution < 1.29 is 9.15 Å². The standard InChI is InChI=1S/C21H36N2/c1-11-14(3)22(10)13-23(15(4)12-2)21-19(8)17(6)16(5)18(7)20(21)9/h11-13H2,1-10H3/q+2/b22-14-,23-15+. The van der Waals surface area contributed by atoms with Crippen molar-refractivity contribution in [1.82, 2.24) is 0 Å². The fraction of sp³-hybridized carbons (Fsp3) is 0.619. The van der Waals surface area contributed by atoms with Crippen LogP contribution in [0, 0.1) is 34.6 Å². The normalized spacial score (nSPS) is 13.8. The highest BCUT2D eigenvalue weighted by atomic mass is 15.2. The molecule has 1 aromatic carbocycles. The van der Waals surface area contributed by atoms with E-state index in [2.05, 4.69) is 78.5 Å². The van der Waals surface area contributed by atoms with E-state index in [1.54, 1.807) is 0 Å². The van der Waals surface area contributed by atoms with Crippen LogP contribution in [0.3, 0.4) is 0 Å². The summed E-state index contributed by atoms with van der Waals surface area (Å²) >= 11 is 0. The molecule has 0 unspecified atom stereocenters. The molecule has 0 aliphatic carbocycles. The van der Waals surface area contributed by atoms with Crippen LogP contribution in [-0.4, -0.2) is 34.3 Å². The van der Waals surface area contributed by atoms with E-state index in [4.69, 9.17) is 0 Å². The molecule has 0 aliphatic heterocycles. The molecule has 0 fully saturated rings. The van der Waals surface area contributed by atoms with Gasteiger partial charge in [0.2, 0.25) is 5.69 Å². The Morgan fingerprint density at radius 2 is 1.09 bits per heavy atom. The molecule has 0 saturated heterocycles. The molecule has 0 aliphatic rings. The van der Waals surface area contributed by atoms with Crippen molar-refractivity contribution in [2.45, 2.75) is 75.2 Å². The zero-order chi connectivity index (χ0) is 17.9. The van der Waals surface area contributed by atoms with Gasteiger partial charge in [0.1, 0.15) is 7.05 Å². The highest BCUT2D eigenvalue weighted by molar-refractivity contribution is 5.79. The van der Waals surface area contributed by atoms with E-state index in [1.807, 2.05) is 0 Å². The van der Waals surface area contributed by atoms with Gasteiger partial charge in [0.05, 0.1) is 0 Å². The minimum atomic E-state index is 0.920. The number of benzene rings is 1. The lowest BCUT2D eigenvalue weighted by atomic mass is 9.92. The van der Waals surface area contributed by atoms with Crippen LogP contribution in [0.5, 0.6) is 0 Å². The second-order valence-electron chi connectivity index (χ2n) is 6.92. The van der Waals surface area contributed by atoms with E-state index >= 15 is 0 Å². The topological polar surface area (TPSA) is 6.02 Å².